The van der Waals surface area contributed by atoms with Crippen molar-refractivity contribution in [1.82, 2.24) is 9.88 Å². The predicted octanol–water partition coefficient (Wildman–Crippen LogP) is 9.55. The van der Waals surface area contributed by atoms with Gasteiger partial charge in [-0.2, -0.15) is 0 Å². The molecule has 53 heavy (non-hydrogen) atoms. The molecule has 0 spiro atoms. The second-order valence-electron chi connectivity index (χ2n) is 14.8. The van der Waals surface area contributed by atoms with E-state index in [9.17, 15) is 23.2 Å². The Balaban J connectivity index is 1.87. The van der Waals surface area contributed by atoms with Crippen LogP contribution in [-0.4, -0.2) is 50.9 Å². The number of halogens is 2. The first-order valence-corrected chi connectivity index (χ1v) is 20.5. The van der Waals surface area contributed by atoms with Gasteiger partial charge in [0.25, 0.3) is 5.91 Å². The van der Waals surface area contributed by atoms with Crippen LogP contribution in [0.1, 0.15) is 75.2 Å². The van der Waals surface area contributed by atoms with E-state index in [1.54, 1.807) is 24.3 Å². The molecule has 1 amide bonds. The average Bonchev–Trinajstić information content (AvgIpc) is 3.45. The van der Waals surface area contributed by atoms with Gasteiger partial charge in [-0.05, 0) is 85.1 Å². The molecule has 11 heteroatoms. The number of ether oxygens (including phenoxy) is 2. The summed E-state index contributed by atoms with van der Waals surface area (Å²) < 4.78 is 46.9. The second-order valence-corrected chi connectivity index (χ2v) is 19.5. The van der Waals surface area contributed by atoms with Crippen LogP contribution in [0.25, 0.3) is 28.3 Å². The van der Waals surface area contributed by atoms with Crippen molar-refractivity contribution in [2.24, 2.45) is 0 Å². The van der Waals surface area contributed by atoms with Gasteiger partial charge in [0.1, 0.15) is 11.5 Å². The van der Waals surface area contributed by atoms with Crippen molar-refractivity contribution in [2.45, 2.75) is 84.3 Å². The Morgan fingerprint density at radius 3 is 2.11 bits per heavy atom. The number of carbonyl (C=O) groups is 3. The maximum Gasteiger partial charge on any atom is 0.308 e. The number of carbonyl (C=O) groups excluding carboxylic acids is 3. The average molecular weight is 745 g/mol. The molecule has 0 bridgehead atoms. The van der Waals surface area contributed by atoms with Crippen LogP contribution in [0.15, 0.2) is 78.9 Å². The number of nitrogens with zero attached hydrogens (tertiary/aromatic N) is 1. The fraction of sp³-hybridized carbons (Fsp3) is 0.357. The maximum absolute atomic E-state index is 14.4. The second kappa shape index (κ2) is 17.3. The zero-order valence-electron chi connectivity index (χ0n) is 32.0. The van der Waals surface area contributed by atoms with Crippen LogP contribution in [0, 0.1) is 11.6 Å². The summed E-state index contributed by atoms with van der Waals surface area (Å²) in [4.78, 5) is 40.5. The molecular weight excluding hydrogens is 695 g/mol. The minimum Gasteiger partial charge on any atom is -0.494 e. The van der Waals surface area contributed by atoms with Gasteiger partial charge in [-0.15, -0.1) is 0 Å². The van der Waals surface area contributed by atoms with Crippen LogP contribution in [0.3, 0.4) is 0 Å². The number of ketones is 1. The Morgan fingerprint density at radius 2 is 1.53 bits per heavy atom. The lowest BCUT2D eigenvalue weighted by Crippen LogP contribution is -2.44. The molecule has 0 saturated heterocycles. The fourth-order valence-electron chi connectivity index (χ4n) is 5.89. The van der Waals surface area contributed by atoms with Crippen molar-refractivity contribution in [3.05, 3.63) is 107 Å². The van der Waals surface area contributed by atoms with Crippen LogP contribution in [0.2, 0.25) is 18.1 Å². The van der Waals surface area contributed by atoms with Crippen LogP contribution in [0.4, 0.5) is 8.78 Å². The molecule has 0 saturated carbocycles. The van der Waals surface area contributed by atoms with E-state index in [-0.39, 0.29) is 42.0 Å². The highest BCUT2D eigenvalue weighted by molar-refractivity contribution is 6.74. The Kier molecular flexibility index (Phi) is 13.3. The van der Waals surface area contributed by atoms with Gasteiger partial charge in [-0.25, -0.2) is 8.78 Å². The molecule has 4 aromatic rings. The van der Waals surface area contributed by atoms with Gasteiger partial charge >= 0.3 is 5.97 Å². The number of esters is 1. The van der Waals surface area contributed by atoms with Crippen LogP contribution >= 0.6 is 0 Å². The van der Waals surface area contributed by atoms with Crippen molar-refractivity contribution in [3.8, 4) is 28.0 Å². The molecule has 1 atom stereocenters. The number of methoxy groups -OCH3 is 2. The van der Waals surface area contributed by atoms with E-state index >= 15 is 0 Å². The molecule has 0 aliphatic carbocycles. The number of rotatable bonds is 15. The van der Waals surface area contributed by atoms with Crippen LogP contribution < -0.4 is 10.1 Å². The van der Waals surface area contributed by atoms with Gasteiger partial charge < -0.3 is 23.8 Å². The summed E-state index contributed by atoms with van der Waals surface area (Å²) in [6.45, 7) is 14.3. The van der Waals surface area contributed by atoms with Crippen molar-refractivity contribution in [3.63, 3.8) is 0 Å². The summed E-state index contributed by atoms with van der Waals surface area (Å²) in [5, 5.41) is 2.84. The van der Waals surface area contributed by atoms with E-state index < -0.39 is 37.9 Å². The lowest BCUT2D eigenvalue weighted by molar-refractivity contribution is -0.142. The van der Waals surface area contributed by atoms with Gasteiger partial charge in [-0.1, -0.05) is 69.3 Å². The summed E-state index contributed by atoms with van der Waals surface area (Å²) in [5.74, 6) is -2.03. The molecule has 1 N–H and O–H groups in total. The Bertz CT molecular complexity index is 1950. The zero-order valence-corrected chi connectivity index (χ0v) is 33.0. The molecule has 0 aliphatic rings. The first-order valence-electron chi connectivity index (χ1n) is 17.6. The molecule has 0 fully saturated rings. The zero-order chi connectivity index (χ0) is 39.1. The van der Waals surface area contributed by atoms with E-state index in [2.05, 4.69) is 39.2 Å². The number of allylic oxidation sites excluding steroid dienone is 1. The highest BCUT2D eigenvalue weighted by Gasteiger charge is 2.40. The minimum atomic E-state index is -2.37. The van der Waals surface area contributed by atoms with Crippen molar-refractivity contribution >= 4 is 32.1 Å². The van der Waals surface area contributed by atoms with Gasteiger partial charge in [0.2, 0.25) is 0 Å². The maximum atomic E-state index is 14.4. The summed E-state index contributed by atoms with van der Waals surface area (Å²) in [7, 11) is 0.313. The van der Waals surface area contributed by atoms with Gasteiger partial charge in [0, 0.05) is 30.1 Å². The lowest BCUT2D eigenvalue weighted by Gasteiger charge is -2.39. The van der Waals surface area contributed by atoms with Gasteiger partial charge in [0.05, 0.1) is 32.4 Å². The quantitative estimate of drug-likeness (QED) is 0.0740. The Labute approximate surface area is 312 Å². The summed E-state index contributed by atoms with van der Waals surface area (Å²) in [5.41, 5.74) is 4.12. The van der Waals surface area contributed by atoms with E-state index in [4.69, 9.17) is 13.9 Å². The monoisotopic (exact) mass is 744 g/mol. The van der Waals surface area contributed by atoms with E-state index in [0.29, 0.717) is 33.6 Å². The number of hydrogen-bond acceptors (Lipinski definition) is 6. The highest BCUT2D eigenvalue weighted by Crippen LogP contribution is 2.43. The topological polar surface area (TPSA) is 95.9 Å². The number of hydrogen-bond donors (Lipinski definition) is 1. The molecule has 8 nitrogen and oxygen atoms in total. The molecule has 1 heterocycles. The SMILES string of the molecule is COC(=O)C[C@@H](CC(=O)C=Cc1c(-c2ccc(F)cc2)c(-c2ccccc2)c(C(=O)NCc2ccc(F)c(OC)c2)n1C(C)C)O[Si](C)(C)C(C)(C)C. The van der Waals surface area contributed by atoms with E-state index in [0.717, 1.165) is 5.56 Å². The largest absolute Gasteiger partial charge is 0.494 e. The third kappa shape index (κ3) is 9.97. The first-order chi connectivity index (χ1) is 25.0. The van der Waals surface area contributed by atoms with Crippen LogP contribution in [0.5, 0.6) is 5.75 Å². The Morgan fingerprint density at radius 1 is 0.887 bits per heavy atom. The molecule has 282 valence electrons. The summed E-state index contributed by atoms with van der Waals surface area (Å²) in [6.07, 6.45) is 2.29. The lowest BCUT2D eigenvalue weighted by atomic mass is 9.94. The number of amides is 1. The Hall–Kier alpha value is -4.87. The molecule has 1 aromatic heterocycles. The molecular formula is C42H50F2N2O6Si. The highest BCUT2D eigenvalue weighted by atomic mass is 28.4. The molecule has 0 radical (unpaired) electrons. The molecule has 4 rings (SSSR count). The van der Waals surface area contributed by atoms with E-state index in [1.165, 1.54) is 44.6 Å². The third-order valence-corrected chi connectivity index (χ3v) is 14.1. The predicted molar refractivity (Wildman–Crippen MR) is 207 cm³/mol. The normalized spacial score (nSPS) is 12.6. The van der Waals surface area contributed by atoms with E-state index in [1.807, 2.05) is 48.7 Å². The molecule has 0 unspecified atom stereocenters. The number of benzene rings is 3. The van der Waals surface area contributed by atoms with Gasteiger partial charge in [0.15, 0.2) is 25.7 Å². The van der Waals surface area contributed by atoms with Crippen molar-refractivity contribution in [1.29, 1.82) is 0 Å². The fourth-order valence-corrected chi connectivity index (χ4v) is 7.24. The van der Waals surface area contributed by atoms with Gasteiger partial charge in [-0.3, -0.25) is 14.4 Å². The van der Waals surface area contributed by atoms with Crippen molar-refractivity contribution in [2.75, 3.05) is 14.2 Å². The van der Waals surface area contributed by atoms with Crippen molar-refractivity contribution < 1.29 is 37.1 Å². The minimum absolute atomic E-state index is 0.0616. The standard InChI is InChI=1S/C42H50F2N2O6Si/c1-27(2)46-35(22-20-32(47)24-33(25-37(48)51-7)52-53(8,9)42(3,4)5)38(30-16-18-31(43)19-17-30)39(29-13-11-10-12-14-29)40(46)41(49)45-26-28-15-21-34(44)36(23-28)50-6/h10-23,27,33H,24-26H2,1-9H3,(H,45,49)/t33-/m1/s1. The summed E-state index contributed by atoms with van der Waals surface area (Å²) in [6, 6.07) is 19.5. The smallest absolute Gasteiger partial charge is 0.308 e. The molecule has 0 aliphatic heterocycles. The first kappa shape index (κ1) is 40.9. The number of aromatic nitrogens is 1. The number of nitrogens with one attached hydrogen (secondary N) is 1. The summed E-state index contributed by atoms with van der Waals surface area (Å²) >= 11 is 0. The molecule has 3 aromatic carbocycles. The van der Waals surface area contributed by atoms with Crippen LogP contribution in [-0.2, 0) is 25.3 Å². The third-order valence-electron chi connectivity index (χ3n) is 9.58.